The molecule has 0 radical (unpaired) electrons. The largest absolute Gasteiger partial charge is 0.507 e. The van der Waals surface area contributed by atoms with Gasteiger partial charge in [0.1, 0.15) is 17.3 Å². The summed E-state index contributed by atoms with van der Waals surface area (Å²) in [5.41, 5.74) is 3.81. The van der Waals surface area contributed by atoms with Gasteiger partial charge in [0.15, 0.2) is 5.78 Å². The van der Waals surface area contributed by atoms with Crippen LogP contribution < -0.4 is 0 Å². The number of phenols is 1. The zero-order valence-electron chi connectivity index (χ0n) is 21.3. The van der Waals surface area contributed by atoms with Gasteiger partial charge in [0.2, 0.25) is 0 Å². The zero-order valence-corrected chi connectivity index (χ0v) is 21.3. The van der Waals surface area contributed by atoms with Crippen molar-refractivity contribution in [1.29, 1.82) is 0 Å². The van der Waals surface area contributed by atoms with Crippen molar-refractivity contribution in [1.82, 2.24) is 0 Å². The molecule has 0 saturated heterocycles. The lowest BCUT2D eigenvalue weighted by atomic mass is 9.73. The molecule has 3 atom stereocenters. The molecule has 0 amide bonds. The molecule has 0 aromatic heterocycles. The molecule has 204 valence electrons. The molecule has 7 N–H and O–H groups in total. The van der Waals surface area contributed by atoms with E-state index < -0.39 is 5.92 Å². The standard InChI is InChI=1S/C20H26O6.C8H10.2H2O.2H2/c1-12(23)7-18(25)16(11-22)14(5-6-21)8-13-9-15-3-2-4-17(24)20(15)19(26)10-13;1-7-3-5-8(2)6-4-7;;;;/h2-4,13-14,16,21-22,24H,5-11H2,1H3;3-6H,1-2H3;2*1H2;2*1H. The monoisotopic (exact) mass is 508 g/mol. The lowest BCUT2D eigenvalue weighted by Gasteiger charge is -2.30. The fourth-order valence-electron chi connectivity index (χ4n) is 4.60. The van der Waals surface area contributed by atoms with E-state index in [0.29, 0.717) is 24.8 Å². The second kappa shape index (κ2) is 16.0. The van der Waals surface area contributed by atoms with Gasteiger partial charge >= 0.3 is 0 Å². The summed E-state index contributed by atoms with van der Waals surface area (Å²) in [6.45, 7) is 5.01. The predicted octanol–water partition coefficient (Wildman–Crippen LogP) is 2.83. The van der Waals surface area contributed by atoms with Crippen molar-refractivity contribution in [3.8, 4) is 5.75 Å². The first-order valence-electron chi connectivity index (χ1n) is 11.8. The zero-order chi connectivity index (χ0) is 25.3. The number of carbonyl (C=O) groups is 3. The minimum Gasteiger partial charge on any atom is -0.507 e. The van der Waals surface area contributed by atoms with Gasteiger partial charge in [0.05, 0.1) is 18.6 Å². The number of benzene rings is 2. The molecule has 8 heteroatoms. The predicted molar refractivity (Wildman–Crippen MR) is 142 cm³/mol. The fourth-order valence-corrected chi connectivity index (χ4v) is 4.60. The van der Waals surface area contributed by atoms with Crippen LogP contribution in [0.2, 0.25) is 0 Å². The van der Waals surface area contributed by atoms with Crippen molar-refractivity contribution in [2.24, 2.45) is 17.8 Å². The van der Waals surface area contributed by atoms with Gasteiger partial charge in [-0.3, -0.25) is 14.4 Å². The van der Waals surface area contributed by atoms with E-state index in [1.807, 2.05) is 6.07 Å². The molecule has 0 heterocycles. The highest BCUT2D eigenvalue weighted by Gasteiger charge is 2.33. The summed E-state index contributed by atoms with van der Waals surface area (Å²) >= 11 is 0. The van der Waals surface area contributed by atoms with Crippen LogP contribution in [0.25, 0.3) is 0 Å². The highest BCUT2D eigenvalue weighted by molar-refractivity contribution is 6.01. The first-order chi connectivity index (χ1) is 16.2. The van der Waals surface area contributed by atoms with Crippen molar-refractivity contribution < 1.29 is 43.5 Å². The Morgan fingerprint density at radius 3 is 2.08 bits per heavy atom. The number of rotatable bonds is 9. The normalized spacial score (nSPS) is 15.7. The van der Waals surface area contributed by atoms with Gasteiger partial charge in [0, 0.05) is 21.8 Å². The smallest absolute Gasteiger partial charge is 0.167 e. The van der Waals surface area contributed by atoms with Crippen molar-refractivity contribution in [2.75, 3.05) is 13.2 Å². The number of carbonyl (C=O) groups excluding carboxylic acids is 3. The van der Waals surface area contributed by atoms with Gasteiger partial charge in [-0.05, 0) is 63.5 Å². The fraction of sp³-hybridized carbons (Fsp3) is 0.464. The number of Topliss-reactive ketones (excluding diaryl/α,β-unsaturated/α-hetero) is 3. The molecule has 3 unspecified atom stereocenters. The topological polar surface area (TPSA) is 175 Å². The minimum absolute atomic E-state index is 0. The van der Waals surface area contributed by atoms with Crippen LogP contribution in [-0.2, 0) is 16.0 Å². The Kier molecular flexibility index (Phi) is 14.7. The highest BCUT2D eigenvalue weighted by Crippen LogP contribution is 2.36. The maximum absolute atomic E-state index is 12.4. The number of aliphatic hydroxyl groups is 2. The van der Waals surface area contributed by atoms with Crippen LogP contribution in [0.4, 0.5) is 0 Å². The van der Waals surface area contributed by atoms with E-state index in [0.717, 1.165) is 5.56 Å². The number of hydrogen-bond donors (Lipinski definition) is 3. The number of ketones is 3. The lowest BCUT2D eigenvalue weighted by Crippen LogP contribution is -2.32. The number of aromatic hydroxyl groups is 1. The molecule has 0 fully saturated rings. The average molecular weight is 509 g/mol. The molecular weight excluding hydrogens is 464 g/mol. The number of phenolic OH excluding ortho intramolecular Hbond substituents is 1. The van der Waals surface area contributed by atoms with E-state index >= 15 is 0 Å². The van der Waals surface area contributed by atoms with Gasteiger partial charge in [-0.25, -0.2) is 0 Å². The summed E-state index contributed by atoms with van der Waals surface area (Å²) in [5.74, 6) is -1.77. The Morgan fingerprint density at radius 1 is 1.00 bits per heavy atom. The SMILES string of the molecule is CC(=O)CC(=O)C(CO)C(CCO)CC1CC(=O)c2c(O)cccc2C1.Cc1ccc(C)cc1.O.O.[HH].[HH]. The van der Waals surface area contributed by atoms with Crippen LogP contribution >= 0.6 is 0 Å². The second-order valence-electron chi connectivity index (χ2n) is 9.31. The number of hydrogen-bond acceptors (Lipinski definition) is 6. The van der Waals surface area contributed by atoms with Crippen molar-refractivity contribution in [3.63, 3.8) is 0 Å². The first-order valence-corrected chi connectivity index (χ1v) is 11.8. The van der Waals surface area contributed by atoms with Crippen LogP contribution in [0.1, 0.15) is 62.5 Å². The van der Waals surface area contributed by atoms with Gasteiger partial charge in [0.25, 0.3) is 0 Å². The first kappa shape index (κ1) is 33.1. The van der Waals surface area contributed by atoms with Crippen molar-refractivity contribution in [2.45, 2.75) is 52.9 Å². The van der Waals surface area contributed by atoms with Crippen molar-refractivity contribution in [3.05, 3.63) is 64.7 Å². The Hall–Kier alpha value is -2.91. The molecule has 2 aromatic carbocycles. The Morgan fingerprint density at radius 2 is 1.58 bits per heavy atom. The minimum atomic E-state index is -0.716. The molecule has 0 spiro atoms. The van der Waals surface area contributed by atoms with Crippen LogP contribution in [0.5, 0.6) is 5.75 Å². The van der Waals surface area contributed by atoms with Gasteiger partial charge in [-0.2, -0.15) is 0 Å². The maximum atomic E-state index is 12.4. The van der Waals surface area contributed by atoms with Crippen molar-refractivity contribution >= 4 is 17.3 Å². The quantitative estimate of drug-likeness (QED) is 0.439. The highest BCUT2D eigenvalue weighted by atomic mass is 16.3. The van der Waals surface area contributed by atoms with E-state index in [1.54, 1.807) is 6.07 Å². The van der Waals surface area contributed by atoms with Crippen LogP contribution in [0, 0.1) is 31.6 Å². The molecule has 0 bridgehead atoms. The molecule has 3 rings (SSSR count). The Bertz CT molecular complexity index is 974. The van der Waals surface area contributed by atoms with Crippen LogP contribution in [0.3, 0.4) is 0 Å². The number of fused-ring (bicyclic) bond motifs is 1. The molecule has 2 aromatic rings. The molecule has 0 aliphatic heterocycles. The van der Waals surface area contributed by atoms with E-state index in [4.69, 9.17) is 0 Å². The van der Waals surface area contributed by atoms with Crippen LogP contribution in [0.15, 0.2) is 42.5 Å². The Labute approximate surface area is 215 Å². The Balaban J connectivity index is -0.000000881. The summed E-state index contributed by atoms with van der Waals surface area (Å²) < 4.78 is 0. The summed E-state index contributed by atoms with van der Waals surface area (Å²) in [6.07, 6.45) is 1.44. The van der Waals surface area contributed by atoms with Gasteiger partial charge in [-0.1, -0.05) is 47.5 Å². The summed E-state index contributed by atoms with van der Waals surface area (Å²) in [6, 6.07) is 13.5. The van der Waals surface area contributed by atoms with Gasteiger partial charge in [-0.15, -0.1) is 0 Å². The summed E-state index contributed by atoms with van der Waals surface area (Å²) in [5, 5.41) is 28.9. The second-order valence-corrected chi connectivity index (χ2v) is 9.31. The molecule has 1 aliphatic rings. The molecular formula is C28H44O8. The summed E-state index contributed by atoms with van der Waals surface area (Å²) in [4.78, 5) is 35.9. The number of aliphatic hydroxyl groups excluding tert-OH is 2. The van der Waals surface area contributed by atoms with E-state index in [-0.39, 0.29) is 74.8 Å². The molecule has 36 heavy (non-hydrogen) atoms. The van der Waals surface area contributed by atoms with Crippen LogP contribution in [-0.4, -0.2) is 56.8 Å². The van der Waals surface area contributed by atoms with E-state index in [1.165, 1.54) is 24.1 Å². The molecule has 0 saturated carbocycles. The summed E-state index contributed by atoms with van der Waals surface area (Å²) in [7, 11) is 0. The third-order valence-electron chi connectivity index (χ3n) is 6.35. The molecule has 8 nitrogen and oxygen atoms in total. The maximum Gasteiger partial charge on any atom is 0.167 e. The average Bonchev–Trinajstić information content (AvgIpc) is 2.76. The van der Waals surface area contributed by atoms with E-state index in [2.05, 4.69) is 38.1 Å². The lowest BCUT2D eigenvalue weighted by molar-refractivity contribution is -0.131. The van der Waals surface area contributed by atoms with Gasteiger partial charge < -0.3 is 26.3 Å². The third kappa shape index (κ3) is 9.62. The van der Waals surface area contributed by atoms with E-state index in [9.17, 15) is 29.7 Å². The third-order valence-corrected chi connectivity index (χ3v) is 6.35. The molecule has 1 aliphatic carbocycles. The number of aryl methyl sites for hydroxylation is 2.